The van der Waals surface area contributed by atoms with Crippen molar-refractivity contribution in [1.29, 1.82) is 0 Å². The summed E-state index contributed by atoms with van der Waals surface area (Å²) in [5.74, 6) is 0. The van der Waals surface area contributed by atoms with E-state index in [1.807, 2.05) is 0 Å². The maximum Gasteiger partial charge on any atom is 0.186 e. The van der Waals surface area contributed by atoms with Crippen molar-refractivity contribution in [2.75, 3.05) is 13.2 Å². The van der Waals surface area contributed by atoms with E-state index in [0.29, 0.717) is 6.61 Å². The smallest absolute Gasteiger partial charge is 0.186 e. The summed E-state index contributed by atoms with van der Waals surface area (Å²) >= 11 is 0. The average molecular weight is 336 g/mol. The molecule has 1 heterocycles. The summed E-state index contributed by atoms with van der Waals surface area (Å²) in [4.78, 5) is 0. The van der Waals surface area contributed by atoms with Gasteiger partial charge in [0.2, 0.25) is 0 Å². The predicted molar refractivity (Wildman–Crippen MR) is 89.1 cm³/mol. The number of hydrogen-bond donors (Lipinski definition) is 4. The van der Waals surface area contributed by atoms with E-state index in [1.165, 1.54) is 38.5 Å². The lowest BCUT2D eigenvalue weighted by molar-refractivity contribution is -0.301. The first-order chi connectivity index (χ1) is 10.6. The van der Waals surface area contributed by atoms with Crippen LogP contribution in [-0.2, 0) is 9.47 Å². The Morgan fingerprint density at radius 1 is 0.826 bits per heavy atom. The zero-order chi connectivity index (χ0) is 16.4. The highest BCUT2D eigenvalue weighted by Crippen LogP contribution is 2.22. The van der Waals surface area contributed by atoms with Crippen molar-refractivity contribution in [2.45, 2.75) is 96.4 Å². The molecule has 0 amide bonds. The molecule has 140 valence electrons. The van der Waals surface area contributed by atoms with Gasteiger partial charge in [-0.3, -0.25) is 0 Å². The highest BCUT2D eigenvalue weighted by Gasteiger charge is 2.43. The SMILES string of the molecule is C.CCCCCCCCCCO[C@@H]1O[C@H](CO)[C@@H](O)[C@H](O)[C@H]1O. The zero-order valence-corrected chi connectivity index (χ0v) is 13.6. The van der Waals surface area contributed by atoms with Gasteiger partial charge in [0, 0.05) is 6.61 Å². The monoisotopic (exact) mass is 336 g/mol. The third-order valence-corrected chi connectivity index (χ3v) is 4.13. The second-order valence-corrected chi connectivity index (χ2v) is 6.04. The van der Waals surface area contributed by atoms with E-state index in [0.717, 1.165) is 12.8 Å². The predicted octanol–water partition coefficient (Wildman–Crippen LogP) is 1.58. The van der Waals surface area contributed by atoms with Crippen LogP contribution in [0, 0.1) is 0 Å². The molecule has 1 saturated heterocycles. The summed E-state index contributed by atoms with van der Waals surface area (Å²) in [6, 6.07) is 0. The Hall–Kier alpha value is -0.240. The van der Waals surface area contributed by atoms with Crippen LogP contribution in [0.3, 0.4) is 0 Å². The zero-order valence-electron chi connectivity index (χ0n) is 13.6. The molecule has 0 saturated carbocycles. The molecule has 23 heavy (non-hydrogen) atoms. The fraction of sp³-hybridized carbons (Fsp3) is 1.00. The van der Waals surface area contributed by atoms with Gasteiger partial charge in [-0.1, -0.05) is 59.3 Å². The molecule has 0 radical (unpaired) electrons. The summed E-state index contributed by atoms with van der Waals surface area (Å²) < 4.78 is 10.7. The fourth-order valence-corrected chi connectivity index (χ4v) is 2.64. The quantitative estimate of drug-likeness (QED) is 0.428. The van der Waals surface area contributed by atoms with Crippen molar-refractivity contribution in [2.24, 2.45) is 0 Å². The minimum atomic E-state index is -1.37. The first kappa shape index (κ1) is 22.8. The molecule has 0 aromatic rings. The van der Waals surface area contributed by atoms with Gasteiger partial charge >= 0.3 is 0 Å². The van der Waals surface area contributed by atoms with Gasteiger partial charge in [-0.05, 0) is 6.42 Å². The Balaban J connectivity index is 0.00000484. The largest absolute Gasteiger partial charge is 0.394 e. The van der Waals surface area contributed by atoms with E-state index >= 15 is 0 Å². The second-order valence-electron chi connectivity index (χ2n) is 6.04. The Morgan fingerprint density at radius 3 is 1.96 bits per heavy atom. The van der Waals surface area contributed by atoms with Crippen LogP contribution in [0.4, 0.5) is 0 Å². The highest BCUT2D eigenvalue weighted by atomic mass is 16.7. The summed E-state index contributed by atoms with van der Waals surface area (Å²) in [6.07, 6.45) is 3.58. The van der Waals surface area contributed by atoms with Crippen LogP contribution in [0.25, 0.3) is 0 Å². The average Bonchev–Trinajstić information content (AvgIpc) is 2.53. The maximum atomic E-state index is 9.80. The van der Waals surface area contributed by atoms with E-state index in [2.05, 4.69) is 6.92 Å². The molecule has 5 atom stereocenters. The van der Waals surface area contributed by atoms with Crippen molar-refractivity contribution < 1.29 is 29.9 Å². The van der Waals surface area contributed by atoms with Crippen LogP contribution in [0.2, 0.25) is 0 Å². The highest BCUT2D eigenvalue weighted by molar-refractivity contribution is 4.88. The molecule has 0 aromatic carbocycles. The lowest BCUT2D eigenvalue weighted by atomic mass is 9.99. The van der Waals surface area contributed by atoms with Gasteiger partial charge in [0.25, 0.3) is 0 Å². The van der Waals surface area contributed by atoms with Gasteiger partial charge in [-0.15, -0.1) is 0 Å². The van der Waals surface area contributed by atoms with E-state index < -0.39 is 37.3 Å². The summed E-state index contributed by atoms with van der Waals surface area (Å²) in [5, 5.41) is 38.2. The Labute approximate surface area is 140 Å². The maximum absolute atomic E-state index is 9.80. The van der Waals surface area contributed by atoms with Gasteiger partial charge in [0.1, 0.15) is 24.4 Å². The van der Waals surface area contributed by atoms with E-state index in [4.69, 9.17) is 14.6 Å². The van der Waals surface area contributed by atoms with Gasteiger partial charge < -0.3 is 29.9 Å². The Kier molecular flexibility index (Phi) is 13.0. The lowest BCUT2D eigenvalue weighted by Gasteiger charge is -2.39. The van der Waals surface area contributed by atoms with Crippen LogP contribution in [0.15, 0.2) is 0 Å². The molecule has 1 fully saturated rings. The number of hydrogen-bond acceptors (Lipinski definition) is 6. The van der Waals surface area contributed by atoms with E-state index in [1.54, 1.807) is 0 Å². The van der Waals surface area contributed by atoms with Crippen LogP contribution in [0.1, 0.15) is 65.7 Å². The number of aliphatic hydroxyl groups is 4. The van der Waals surface area contributed by atoms with Crippen molar-refractivity contribution in [3.05, 3.63) is 0 Å². The van der Waals surface area contributed by atoms with E-state index in [9.17, 15) is 15.3 Å². The molecule has 0 unspecified atom stereocenters. The Bertz CT molecular complexity index is 274. The topological polar surface area (TPSA) is 99.4 Å². The summed E-state index contributed by atoms with van der Waals surface area (Å²) in [7, 11) is 0. The van der Waals surface area contributed by atoms with Crippen molar-refractivity contribution in [3.8, 4) is 0 Å². The molecular weight excluding hydrogens is 300 g/mol. The number of ether oxygens (including phenoxy) is 2. The molecule has 0 aliphatic carbocycles. The molecule has 1 aliphatic rings. The third kappa shape index (κ3) is 7.92. The van der Waals surface area contributed by atoms with Crippen LogP contribution in [0.5, 0.6) is 0 Å². The molecule has 4 N–H and O–H groups in total. The third-order valence-electron chi connectivity index (χ3n) is 4.13. The summed E-state index contributed by atoms with van der Waals surface area (Å²) in [5.41, 5.74) is 0. The van der Waals surface area contributed by atoms with Gasteiger partial charge in [-0.25, -0.2) is 0 Å². The second kappa shape index (κ2) is 13.1. The minimum absolute atomic E-state index is 0. The molecule has 0 bridgehead atoms. The van der Waals surface area contributed by atoms with Crippen LogP contribution < -0.4 is 0 Å². The van der Waals surface area contributed by atoms with E-state index in [-0.39, 0.29) is 7.43 Å². The molecule has 0 spiro atoms. The molecule has 1 aliphatic heterocycles. The minimum Gasteiger partial charge on any atom is -0.394 e. The Morgan fingerprint density at radius 2 is 1.39 bits per heavy atom. The first-order valence-electron chi connectivity index (χ1n) is 8.54. The first-order valence-corrected chi connectivity index (χ1v) is 8.54. The van der Waals surface area contributed by atoms with Crippen molar-refractivity contribution >= 4 is 0 Å². The molecule has 1 rings (SSSR count). The number of aliphatic hydroxyl groups excluding tert-OH is 4. The van der Waals surface area contributed by atoms with Crippen LogP contribution in [-0.4, -0.2) is 64.3 Å². The normalized spacial score (nSPS) is 30.9. The molecular formula is C17H36O6. The van der Waals surface area contributed by atoms with Gasteiger partial charge in [-0.2, -0.15) is 0 Å². The standard InChI is InChI=1S/C16H32O6.CH4/c1-2-3-4-5-6-7-8-9-10-21-16-15(20)14(19)13(18)12(11-17)22-16;/h12-20H,2-11H2,1H3;1H4/t12-,13-,14+,15-,16-;/m1./s1. The number of rotatable bonds is 11. The number of unbranched alkanes of at least 4 members (excludes halogenated alkanes) is 7. The molecule has 6 nitrogen and oxygen atoms in total. The molecule has 0 aromatic heterocycles. The fourth-order valence-electron chi connectivity index (χ4n) is 2.64. The van der Waals surface area contributed by atoms with Crippen molar-refractivity contribution in [1.82, 2.24) is 0 Å². The lowest BCUT2D eigenvalue weighted by Crippen LogP contribution is -2.59. The summed E-state index contributed by atoms with van der Waals surface area (Å²) in [6.45, 7) is 2.20. The van der Waals surface area contributed by atoms with Gasteiger partial charge in [0.15, 0.2) is 6.29 Å². The molecule has 6 heteroatoms. The van der Waals surface area contributed by atoms with Crippen LogP contribution >= 0.6 is 0 Å². The van der Waals surface area contributed by atoms with Crippen molar-refractivity contribution in [3.63, 3.8) is 0 Å². The van der Waals surface area contributed by atoms with Gasteiger partial charge in [0.05, 0.1) is 6.61 Å².